The first kappa shape index (κ1) is 19.5. The average molecular weight is 337 g/mol. The lowest BCUT2D eigenvalue weighted by Gasteiger charge is -2.16. The lowest BCUT2D eigenvalue weighted by molar-refractivity contribution is -0.138. The van der Waals surface area contributed by atoms with Crippen LogP contribution in [0.15, 0.2) is 24.3 Å². The highest BCUT2D eigenvalue weighted by Crippen LogP contribution is 2.22. The molecule has 2 N–H and O–H groups in total. The van der Waals surface area contributed by atoms with Gasteiger partial charge in [-0.2, -0.15) is 0 Å². The van der Waals surface area contributed by atoms with Crippen molar-refractivity contribution in [2.24, 2.45) is 0 Å². The van der Waals surface area contributed by atoms with Crippen molar-refractivity contribution in [1.82, 2.24) is 10.2 Å². The molecule has 0 atom stereocenters. The van der Waals surface area contributed by atoms with Crippen LogP contribution in [0.4, 0.5) is 0 Å². The van der Waals surface area contributed by atoms with E-state index in [0.29, 0.717) is 23.9 Å². The molecule has 0 unspecified atom stereocenters. The van der Waals surface area contributed by atoms with E-state index in [4.69, 9.17) is 21.4 Å². The van der Waals surface area contributed by atoms with Crippen molar-refractivity contribution >= 4 is 35.9 Å². The smallest absolute Gasteiger partial charge is 0.322 e. The van der Waals surface area contributed by atoms with Crippen molar-refractivity contribution in [3.63, 3.8) is 0 Å². The fraction of sp³-hybridized carbons (Fsp3) is 0.385. The zero-order valence-corrected chi connectivity index (χ0v) is 13.1. The van der Waals surface area contributed by atoms with Crippen molar-refractivity contribution in [2.75, 3.05) is 33.3 Å². The fourth-order valence-electron chi connectivity index (χ4n) is 1.43. The number of ether oxygens (including phenoxy) is 1. The highest BCUT2D eigenvalue weighted by Gasteiger charge is 2.08. The van der Waals surface area contributed by atoms with Gasteiger partial charge >= 0.3 is 5.97 Å². The van der Waals surface area contributed by atoms with Gasteiger partial charge < -0.3 is 15.2 Å². The number of carbonyl (C=O) groups is 2. The number of rotatable bonds is 8. The monoisotopic (exact) mass is 336 g/mol. The van der Waals surface area contributed by atoms with Crippen LogP contribution in [0.1, 0.15) is 0 Å². The number of carbonyl (C=O) groups excluding carboxylic acids is 1. The molecule has 0 aliphatic heterocycles. The minimum Gasteiger partial charge on any atom is -0.491 e. The van der Waals surface area contributed by atoms with Gasteiger partial charge in [0.2, 0.25) is 5.91 Å². The summed E-state index contributed by atoms with van der Waals surface area (Å²) < 4.78 is 5.49. The zero-order valence-electron chi connectivity index (χ0n) is 11.5. The Balaban J connectivity index is 0.00000400. The van der Waals surface area contributed by atoms with Crippen molar-refractivity contribution < 1.29 is 19.4 Å². The molecule has 0 aliphatic carbocycles. The van der Waals surface area contributed by atoms with Crippen LogP contribution in [0.5, 0.6) is 5.75 Å². The van der Waals surface area contributed by atoms with E-state index >= 15 is 0 Å². The number of nitrogens with zero attached hydrogens (tertiary/aromatic N) is 1. The first-order valence-electron chi connectivity index (χ1n) is 6.03. The normalized spacial score (nSPS) is 9.86. The summed E-state index contributed by atoms with van der Waals surface area (Å²) in [6.07, 6.45) is 0. The first-order chi connectivity index (χ1) is 9.49. The van der Waals surface area contributed by atoms with Crippen LogP contribution < -0.4 is 10.1 Å². The molecule has 1 amide bonds. The molecule has 0 fully saturated rings. The molecule has 1 aromatic carbocycles. The summed E-state index contributed by atoms with van der Waals surface area (Å²) in [5, 5.41) is 11.3. The van der Waals surface area contributed by atoms with Gasteiger partial charge in [-0.05, 0) is 19.2 Å². The van der Waals surface area contributed by atoms with E-state index in [-0.39, 0.29) is 31.4 Å². The third-order valence-electron chi connectivity index (χ3n) is 2.42. The number of amides is 1. The van der Waals surface area contributed by atoms with Gasteiger partial charge in [-0.25, -0.2) is 0 Å². The van der Waals surface area contributed by atoms with Crippen molar-refractivity contribution in [3.05, 3.63) is 29.3 Å². The van der Waals surface area contributed by atoms with E-state index in [1.807, 2.05) is 12.1 Å². The lowest BCUT2D eigenvalue weighted by atomic mass is 10.3. The molecule has 1 aromatic rings. The number of nitrogens with one attached hydrogen (secondary N) is 1. The molecule has 0 saturated carbocycles. The Labute approximate surface area is 134 Å². The Morgan fingerprint density at radius 3 is 2.67 bits per heavy atom. The van der Waals surface area contributed by atoms with E-state index in [0.717, 1.165) is 0 Å². The topological polar surface area (TPSA) is 78.9 Å². The molecule has 0 aromatic heterocycles. The Morgan fingerprint density at radius 2 is 2.05 bits per heavy atom. The largest absolute Gasteiger partial charge is 0.491 e. The van der Waals surface area contributed by atoms with Crippen molar-refractivity contribution in [1.29, 1.82) is 0 Å². The van der Waals surface area contributed by atoms with Gasteiger partial charge in [-0.1, -0.05) is 23.7 Å². The molecule has 0 bridgehead atoms. The van der Waals surface area contributed by atoms with Gasteiger partial charge in [-0.15, -0.1) is 12.4 Å². The first-order valence-corrected chi connectivity index (χ1v) is 6.41. The number of hydrogen-bond donors (Lipinski definition) is 2. The van der Waals surface area contributed by atoms with E-state index in [1.165, 1.54) is 0 Å². The minimum atomic E-state index is -1.07. The molecule has 8 heteroatoms. The Hall–Kier alpha value is -1.50. The molecule has 21 heavy (non-hydrogen) atoms. The predicted octanol–water partition coefficient (Wildman–Crippen LogP) is 1.27. The number of carboxylic acids is 1. The number of carboxylic acid groups (broad SMARTS) is 1. The van der Waals surface area contributed by atoms with Crippen molar-refractivity contribution in [2.45, 2.75) is 0 Å². The average Bonchev–Trinajstić information content (AvgIpc) is 2.38. The standard InChI is InChI=1S/C13H17ClN2O4.ClH/c1-16(9-12(17)15-8-13(18)19)6-7-20-11-5-3-2-4-10(11)14;/h2-5H,6-9H2,1H3,(H,15,17)(H,18,19);1H. The summed E-state index contributed by atoms with van der Waals surface area (Å²) in [5.74, 6) is -0.811. The van der Waals surface area contributed by atoms with Crippen LogP contribution in [-0.4, -0.2) is 55.2 Å². The number of hydrogen-bond acceptors (Lipinski definition) is 4. The Morgan fingerprint density at radius 1 is 1.38 bits per heavy atom. The van der Waals surface area contributed by atoms with Gasteiger partial charge in [0, 0.05) is 6.54 Å². The maximum absolute atomic E-state index is 11.4. The summed E-state index contributed by atoms with van der Waals surface area (Å²) in [5.41, 5.74) is 0. The predicted molar refractivity (Wildman–Crippen MR) is 82.3 cm³/mol. The molecular weight excluding hydrogens is 319 g/mol. The van der Waals surface area contributed by atoms with Gasteiger partial charge in [0.15, 0.2) is 0 Å². The maximum Gasteiger partial charge on any atom is 0.322 e. The van der Waals surface area contributed by atoms with Crippen LogP contribution in [-0.2, 0) is 9.59 Å². The molecule has 0 heterocycles. The summed E-state index contributed by atoms with van der Waals surface area (Å²) >= 11 is 5.94. The second-order valence-corrected chi connectivity index (χ2v) is 4.59. The van der Waals surface area contributed by atoms with Crippen LogP contribution >= 0.6 is 24.0 Å². The molecule has 0 aliphatic rings. The zero-order chi connectivity index (χ0) is 15.0. The summed E-state index contributed by atoms with van der Waals surface area (Å²) in [6.45, 7) is 0.639. The second-order valence-electron chi connectivity index (χ2n) is 4.19. The highest BCUT2D eigenvalue weighted by atomic mass is 35.5. The second kappa shape index (κ2) is 10.3. The van der Waals surface area contributed by atoms with Gasteiger partial charge in [0.25, 0.3) is 0 Å². The molecule has 0 saturated heterocycles. The quantitative estimate of drug-likeness (QED) is 0.747. The summed E-state index contributed by atoms with van der Waals surface area (Å²) in [4.78, 5) is 23.4. The Kier molecular flexibility index (Phi) is 9.53. The third-order valence-corrected chi connectivity index (χ3v) is 2.73. The summed E-state index contributed by atoms with van der Waals surface area (Å²) in [6, 6.07) is 7.14. The SMILES string of the molecule is CN(CCOc1ccccc1Cl)CC(=O)NCC(=O)O.Cl. The lowest BCUT2D eigenvalue weighted by Crippen LogP contribution is -2.38. The molecule has 0 radical (unpaired) electrons. The van der Waals surface area contributed by atoms with E-state index in [9.17, 15) is 9.59 Å². The number of benzene rings is 1. The summed E-state index contributed by atoms with van der Waals surface area (Å²) in [7, 11) is 1.75. The molecule has 118 valence electrons. The van der Waals surface area contributed by atoms with Crippen LogP contribution in [0.25, 0.3) is 0 Å². The number of halogens is 2. The van der Waals surface area contributed by atoms with Crippen molar-refractivity contribution in [3.8, 4) is 5.75 Å². The van der Waals surface area contributed by atoms with Crippen LogP contribution in [0.2, 0.25) is 5.02 Å². The molecule has 1 rings (SSSR count). The Bertz CT molecular complexity index is 471. The van der Waals surface area contributed by atoms with E-state index in [2.05, 4.69) is 5.32 Å². The number of aliphatic carboxylic acids is 1. The number of para-hydroxylation sites is 1. The van der Waals surface area contributed by atoms with E-state index < -0.39 is 5.97 Å². The molecule has 0 spiro atoms. The maximum atomic E-state index is 11.4. The third kappa shape index (κ3) is 8.39. The fourth-order valence-corrected chi connectivity index (χ4v) is 1.62. The molecular formula is C13H18Cl2N2O4. The number of likely N-dealkylation sites (N-methyl/N-ethyl adjacent to an activating group) is 1. The van der Waals surface area contributed by atoms with Crippen LogP contribution in [0, 0.1) is 0 Å². The van der Waals surface area contributed by atoms with Gasteiger partial charge in [-0.3, -0.25) is 14.5 Å². The molecule has 6 nitrogen and oxygen atoms in total. The van der Waals surface area contributed by atoms with Gasteiger partial charge in [0.1, 0.15) is 18.9 Å². The van der Waals surface area contributed by atoms with Gasteiger partial charge in [0.05, 0.1) is 11.6 Å². The van der Waals surface area contributed by atoms with E-state index in [1.54, 1.807) is 24.1 Å². The van der Waals surface area contributed by atoms with Crippen LogP contribution in [0.3, 0.4) is 0 Å². The highest BCUT2D eigenvalue weighted by molar-refractivity contribution is 6.32. The minimum absolute atomic E-state index is 0.